The quantitative estimate of drug-likeness (QED) is 0.745. The summed E-state index contributed by atoms with van der Waals surface area (Å²) in [4.78, 5) is 12.5. The molecule has 0 fully saturated rings. The van der Waals surface area contributed by atoms with E-state index >= 15 is 0 Å². The molecule has 0 aromatic heterocycles. The molecular weight excluding hydrogens is 321 g/mol. The molecule has 0 bridgehead atoms. The first-order valence-corrected chi connectivity index (χ1v) is 8.26. The summed E-state index contributed by atoms with van der Waals surface area (Å²) in [7, 11) is 1.63. The molecule has 5 heteroatoms. The summed E-state index contributed by atoms with van der Waals surface area (Å²) in [5.41, 5.74) is 0.900. The van der Waals surface area contributed by atoms with Crippen molar-refractivity contribution in [2.24, 2.45) is 0 Å². The monoisotopic (exact) mass is 345 g/mol. The highest BCUT2D eigenvalue weighted by atomic mass is 19.1. The van der Waals surface area contributed by atoms with Crippen LogP contribution >= 0.6 is 0 Å². The van der Waals surface area contributed by atoms with E-state index in [-0.39, 0.29) is 11.8 Å². The van der Waals surface area contributed by atoms with Gasteiger partial charge < -0.3 is 14.8 Å². The first-order chi connectivity index (χ1) is 12.0. The average molecular weight is 345 g/mol. The molecule has 0 saturated carbocycles. The topological polar surface area (TPSA) is 47.6 Å². The number of ether oxygens (including phenoxy) is 2. The summed E-state index contributed by atoms with van der Waals surface area (Å²) < 4.78 is 23.6. The second-order valence-corrected chi connectivity index (χ2v) is 6.01. The van der Waals surface area contributed by atoms with E-state index in [1.165, 1.54) is 12.1 Å². The van der Waals surface area contributed by atoms with Gasteiger partial charge in [-0.2, -0.15) is 0 Å². The summed E-state index contributed by atoms with van der Waals surface area (Å²) >= 11 is 0. The lowest BCUT2D eigenvalue weighted by Crippen LogP contribution is -2.43. The van der Waals surface area contributed by atoms with Gasteiger partial charge in [0.2, 0.25) is 0 Å². The zero-order valence-electron chi connectivity index (χ0n) is 14.8. The molecular formula is C20H24FNO3. The molecule has 1 N–H and O–H groups in total. The number of carbonyl (C=O) groups is 1. The van der Waals surface area contributed by atoms with E-state index in [9.17, 15) is 9.18 Å². The number of hydrogen-bond acceptors (Lipinski definition) is 4. The van der Waals surface area contributed by atoms with Crippen molar-refractivity contribution < 1.29 is 18.7 Å². The van der Waals surface area contributed by atoms with Crippen LogP contribution in [-0.2, 0) is 21.5 Å². The van der Waals surface area contributed by atoms with Gasteiger partial charge in [-0.05, 0) is 49.2 Å². The maximum atomic E-state index is 13.2. The summed E-state index contributed by atoms with van der Waals surface area (Å²) in [6.07, 6.45) is 0. The molecule has 4 nitrogen and oxygen atoms in total. The minimum atomic E-state index is -0.893. The fourth-order valence-corrected chi connectivity index (χ4v) is 2.60. The zero-order chi connectivity index (χ0) is 18.3. The Balaban J connectivity index is 2.10. The smallest absolute Gasteiger partial charge is 0.317 e. The van der Waals surface area contributed by atoms with Crippen LogP contribution in [0.5, 0.6) is 5.75 Å². The molecule has 0 aliphatic carbocycles. The highest BCUT2D eigenvalue weighted by Gasteiger charge is 2.36. The lowest BCUT2D eigenvalue weighted by Gasteiger charge is -2.28. The van der Waals surface area contributed by atoms with Crippen molar-refractivity contribution in [2.75, 3.05) is 20.3 Å². The Bertz CT molecular complexity index is 685. The first kappa shape index (κ1) is 18.9. The fraction of sp³-hybridized carbons (Fsp3) is 0.350. The molecule has 25 heavy (non-hydrogen) atoms. The van der Waals surface area contributed by atoms with Gasteiger partial charge in [0.05, 0.1) is 13.7 Å². The molecule has 0 saturated heterocycles. The van der Waals surface area contributed by atoms with E-state index < -0.39 is 5.41 Å². The summed E-state index contributed by atoms with van der Waals surface area (Å²) in [5.74, 6) is 0.136. The van der Waals surface area contributed by atoms with E-state index in [2.05, 4.69) is 5.32 Å². The number of hydrogen-bond donors (Lipinski definition) is 1. The number of rotatable bonds is 8. The van der Waals surface area contributed by atoms with Crippen LogP contribution in [0.1, 0.15) is 25.0 Å². The van der Waals surface area contributed by atoms with Crippen molar-refractivity contribution in [3.63, 3.8) is 0 Å². The van der Waals surface area contributed by atoms with Crippen molar-refractivity contribution in [1.82, 2.24) is 5.32 Å². The van der Waals surface area contributed by atoms with Crippen molar-refractivity contribution in [2.45, 2.75) is 25.8 Å². The lowest BCUT2D eigenvalue weighted by molar-refractivity contribution is -0.149. The predicted molar refractivity (Wildman–Crippen MR) is 95.1 cm³/mol. The molecule has 1 unspecified atom stereocenters. The third-order valence-corrected chi connectivity index (χ3v) is 4.17. The molecule has 0 aliphatic rings. The van der Waals surface area contributed by atoms with Crippen molar-refractivity contribution in [1.29, 1.82) is 0 Å². The standard InChI is InChI=1S/C20H24FNO3/c1-4-25-19(23)20(2,16-7-9-17(21)10-8-16)14-22-13-15-5-11-18(24-3)12-6-15/h5-12,22H,4,13-14H2,1-3H3. The number of carbonyl (C=O) groups excluding carboxylic acids is 1. The van der Waals surface area contributed by atoms with Gasteiger partial charge in [0.1, 0.15) is 17.0 Å². The Morgan fingerprint density at radius 3 is 2.32 bits per heavy atom. The van der Waals surface area contributed by atoms with Crippen molar-refractivity contribution in [3.8, 4) is 5.75 Å². The zero-order valence-corrected chi connectivity index (χ0v) is 14.8. The number of halogens is 1. The van der Waals surface area contributed by atoms with Crippen LogP contribution in [-0.4, -0.2) is 26.2 Å². The lowest BCUT2D eigenvalue weighted by atomic mass is 9.82. The summed E-state index contributed by atoms with van der Waals surface area (Å²) in [5, 5.41) is 3.30. The van der Waals surface area contributed by atoms with Crippen molar-refractivity contribution in [3.05, 3.63) is 65.5 Å². The average Bonchev–Trinajstić information content (AvgIpc) is 2.63. The number of benzene rings is 2. The second kappa shape index (κ2) is 8.62. The highest BCUT2D eigenvalue weighted by Crippen LogP contribution is 2.25. The fourth-order valence-electron chi connectivity index (χ4n) is 2.60. The Morgan fingerprint density at radius 1 is 1.12 bits per heavy atom. The SMILES string of the molecule is CCOC(=O)C(C)(CNCc1ccc(OC)cc1)c1ccc(F)cc1. The Hall–Kier alpha value is -2.40. The summed E-state index contributed by atoms with van der Waals surface area (Å²) in [6.45, 7) is 4.85. The summed E-state index contributed by atoms with van der Waals surface area (Å²) in [6, 6.07) is 13.7. The molecule has 2 aromatic rings. The van der Waals surface area contributed by atoms with Crippen molar-refractivity contribution >= 4 is 5.97 Å². The molecule has 1 atom stereocenters. The molecule has 2 rings (SSSR count). The molecule has 134 valence electrons. The van der Waals surface area contributed by atoms with Gasteiger partial charge in [-0.15, -0.1) is 0 Å². The Kier molecular flexibility index (Phi) is 6.53. The maximum Gasteiger partial charge on any atom is 0.317 e. The molecule has 2 aromatic carbocycles. The number of nitrogens with one attached hydrogen (secondary N) is 1. The van der Waals surface area contributed by atoms with Gasteiger partial charge in [0, 0.05) is 13.1 Å². The minimum absolute atomic E-state index is 0.300. The number of methoxy groups -OCH3 is 1. The maximum absolute atomic E-state index is 13.2. The van der Waals surface area contributed by atoms with Crippen LogP contribution in [0.25, 0.3) is 0 Å². The number of esters is 1. The molecule has 0 amide bonds. The van der Waals surface area contributed by atoms with Gasteiger partial charge in [-0.25, -0.2) is 4.39 Å². The van der Waals surface area contributed by atoms with Crippen LogP contribution in [0.2, 0.25) is 0 Å². The molecule has 0 heterocycles. The normalized spacial score (nSPS) is 13.1. The van der Waals surface area contributed by atoms with E-state index in [4.69, 9.17) is 9.47 Å². The molecule has 0 spiro atoms. The highest BCUT2D eigenvalue weighted by molar-refractivity contribution is 5.83. The van der Waals surface area contributed by atoms with E-state index in [0.29, 0.717) is 19.7 Å². The third-order valence-electron chi connectivity index (χ3n) is 4.17. The van der Waals surface area contributed by atoms with Gasteiger partial charge >= 0.3 is 5.97 Å². The Labute approximate surface area is 148 Å². The van der Waals surface area contributed by atoms with Gasteiger partial charge in [0.15, 0.2) is 0 Å². The minimum Gasteiger partial charge on any atom is -0.497 e. The molecule has 0 aliphatic heterocycles. The van der Waals surface area contributed by atoms with Gasteiger partial charge in [-0.1, -0.05) is 24.3 Å². The largest absolute Gasteiger partial charge is 0.497 e. The van der Waals surface area contributed by atoms with E-state index in [1.807, 2.05) is 24.3 Å². The van der Waals surface area contributed by atoms with Gasteiger partial charge in [-0.3, -0.25) is 4.79 Å². The van der Waals surface area contributed by atoms with E-state index in [1.54, 1.807) is 33.1 Å². The van der Waals surface area contributed by atoms with Crippen LogP contribution in [0.15, 0.2) is 48.5 Å². The van der Waals surface area contributed by atoms with Crippen LogP contribution in [0.4, 0.5) is 4.39 Å². The first-order valence-electron chi connectivity index (χ1n) is 8.26. The molecule has 0 radical (unpaired) electrons. The van der Waals surface area contributed by atoms with E-state index in [0.717, 1.165) is 16.9 Å². The van der Waals surface area contributed by atoms with Crippen LogP contribution in [0.3, 0.4) is 0 Å². The third kappa shape index (κ3) is 4.79. The Morgan fingerprint density at radius 2 is 1.76 bits per heavy atom. The second-order valence-electron chi connectivity index (χ2n) is 6.01. The van der Waals surface area contributed by atoms with Gasteiger partial charge in [0.25, 0.3) is 0 Å². The van der Waals surface area contributed by atoms with Crippen LogP contribution < -0.4 is 10.1 Å². The van der Waals surface area contributed by atoms with Crippen LogP contribution in [0, 0.1) is 5.82 Å². The predicted octanol–water partition coefficient (Wildman–Crippen LogP) is 3.44.